The third-order valence-corrected chi connectivity index (χ3v) is 3.53. The second-order valence-electron chi connectivity index (χ2n) is 4.62. The predicted molar refractivity (Wildman–Crippen MR) is 84.4 cm³/mol. The molecular formula is C16H15BrN2O2. The zero-order chi connectivity index (χ0) is 15.2. The molecule has 108 valence electrons. The molecule has 3 N–H and O–H groups in total. The van der Waals surface area contributed by atoms with Crippen LogP contribution in [-0.2, 0) is 16.0 Å². The highest BCUT2D eigenvalue weighted by atomic mass is 79.9. The Labute approximate surface area is 131 Å². The van der Waals surface area contributed by atoms with Crippen LogP contribution in [0.4, 0.5) is 0 Å². The van der Waals surface area contributed by atoms with E-state index in [1.807, 2.05) is 30.3 Å². The maximum absolute atomic E-state index is 12.1. The number of carbonyl (C=O) groups excluding carboxylic acids is 2. The van der Waals surface area contributed by atoms with E-state index in [-0.39, 0.29) is 12.3 Å². The fourth-order valence-corrected chi connectivity index (χ4v) is 2.23. The number of carbonyl (C=O) groups is 2. The molecule has 0 aliphatic heterocycles. The first-order chi connectivity index (χ1) is 10.1. The number of rotatable bonds is 5. The Morgan fingerprint density at radius 1 is 1.05 bits per heavy atom. The molecule has 0 spiro atoms. The van der Waals surface area contributed by atoms with E-state index >= 15 is 0 Å². The van der Waals surface area contributed by atoms with Crippen LogP contribution < -0.4 is 11.1 Å². The standard InChI is InChI=1S/C16H15BrN2O2/c17-13-8-6-11(7-9-13)10-14(20)19-15(16(18)21)12-4-2-1-3-5-12/h1-9,15H,10H2,(H2,18,21)(H,19,20)/t15-/m0/s1. The Hall–Kier alpha value is -2.14. The summed E-state index contributed by atoms with van der Waals surface area (Å²) >= 11 is 3.34. The number of hydrogen-bond acceptors (Lipinski definition) is 2. The van der Waals surface area contributed by atoms with Crippen molar-refractivity contribution in [3.8, 4) is 0 Å². The van der Waals surface area contributed by atoms with Gasteiger partial charge in [-0.1, -0.05) is 58.4 Å². The van der Waals surface area contributed by atoms with Gasteiger partial charge in [-0.15, -0.1) is 0 Å². The molecule has 2 amide bonds. The molecule has 0 aliphatic rings. The molecule has 0 saturated heterocycles. The number of benzene rings is 2. The van der Waals surface area contributed by atoms with Gasteiger partial charge in [-0.2, -0.15) is 0 Å². The Kier molecular flexibility index (Phi) is 5.11. The van der Waals surface area contributed by atoms with Crippen LogP contribution in [0.1, 0.15) is 17.2 Å². The highest BCUT2D eigenvalue weighted by molar-refractivity contribution is 9.10. The van der Waals surface area contributed by atoms with Gasteiger partial charge in [0, 0.05) is 4.47 Å². The Balaban J connectivity index is 2.05. The number of hydrogen-bond donors (Lipinski definition) is 2. The molecular weight excluding hydrogens is 332 g/mol. The Morgan fingerprint density at radius 3 is 2.24 bits per heavy atom. The molecule has 0 saturated carbocycles. The molecule has 0 fully saturated rings. The van der Waals surface area contributed by atoms with E-state index in [4.69, 9.17) is 5.73 Å². The van der Waals surface area contributed by atoms with Crippen LogP contribution in [-0.4, -0.2) is 11.8 Å². The molecule has 2 aromatic carbocycles. The summed E-state index contributed by atoms with van der Waals surface area (Å²) in [6.07, 6.45) is 0.198. The van der Waals surface area contributed by atoms with E-state index in [1.54, 1.807) is 24.3 Å². The molecule has 0 bridgehead atoms. The number of halogens is 1. The van der Waals surface area contributed by atoms with Crippen molar-refractivity contribution in [1.82, 2.24) is 5.32 Å². The van der Waals surface area contributed by atoms with Gasteiger partial charge in [0.25, 0.3) is 0 Å². The van der Waals surface area contributed by atoms with Gasteiger partial charge < -0.3 is 11.1 Å². The number of amides is 2. The lowest BCUT2D eigenvalue weighted by Gasteiger charge is -2.15. The lowest BCUT2D eigenvalue weighted by molar-refractivity contribution is -0.127. The van der Waals surface area contributed by atoms with Crippen molar-refractivity contribution in [2.24, 2.45) is 5.73 Å². The second-order valence-corrected chi connectivity index (χ2v) is 5.53. The van der Waals surface area contributed by atoms with E-state index in [1.165, 1.54) is 0 Å². The van der Waals surface area contributed by atoms with Crippen LogP contribution in [0.3, 0.4) is 0 Å². The summed E-state index contributed by atoms with van der Waals surface area (Å²) in [6, 6.07) is 15.6. The summed E-state index contributed by atoms with van der Waals surface area (Å²) in [5.74, 6) is -0.824. The normalized spacial score (nSPS) is 11.7. The molecule has 2 aromatic rings. The predicted octanol–water partition coefficient (Wildman–Crippen LogP) is 2.33. The maximum Gasteiger partial charge on any atom is 0.244 e. The molecule has 0 heterocycles. The monoisotopic (exact) mass is 346 g/mol. The third kappa shape index (κ3) is 4.43. The van der Waals surface area contributed by atoms with Crippen molar-refractivity contribution >= 4 is 27.7 Å². The van der Waals surface area contributed by atoms with Gasteiger partial charge in [0.1, 0.15) is 6.04 Å². The minimum atomic E-state index is -0.811. The molecule has 0 aromatic heterocycles. The van der Waals surface area contributed by atoms with Gasteiger partial charge >= 0.3 is 0 Å². The Morgan fingerprint density at radius 2 is 1.67 bits per heavy atom. The van der Waals surface area contributed by atoms with Crippen molar-refractivity contribution in [2.45, 2.75) is 12.5 Å². The largest absolute Gasteiger partial charge is 0.368 e. The van der Waals surface area contributed by atoms with Gasteiger partial charge in [-0.3, -0.25) is 9.59 Å². The lowest BCUT2D eigenvalue weighted by Crippen LogP contribution is -2.38. The highest BCUT2D eigenvalue weighted by Gasteiger charge is 2.19. The van der Waals surface area contributed by atoms with E-state index in [0.717, 1.165) is 10.0 Å². The van der Waals surface area contributed by atoms with Crippen LogP contribution in [0.25, 0.3) is 0 Å². The first-order valence-electron chi connectivity index (χ1n) is 6.44. The third-order valence-electron chi connectivity index (χ3n) is 3.00. The van der Waals surface area contributed by atoms with Gasteiger partial charge in [-0.25, -0.2) is 0 Å². The number of nitrogens with one attached hydrogen (secondary N) is 1. The smallest absolute Gasteiger partial charge is 0.244 e. The van der Waals surface area contributed by atoms with Crippen LogP contribution in [0.5, 0.6) is 0 Å². The van der Waals surface area contributed by atoms with Crippen molar-refractivity contribution in [1.29, 1.82) is 0 Å². The average Bonchev–Trinajstić information content (AvgIpc) is 2.48. The van der Waals surface area contributed by atoms with Crippen molar-refractivity contribution < 1.29 is 9.59 Å². The maximum atomic E-state index is 12.1. The first kappa shape index (κ1) is 15.3. The van der Waals surface area contributed by atoms with E-state index in [0.29, 0.717) is 5.56 Å². The number of nitrogens with two attached hydrogens (primary N) is 1. The summed E-state index contributed by atoms with van der Waals surface area (Å²) in [5, 5.41) is 2.67. The van der Waals surface area contributed by atoms with Gasteiger partial charge in [0.15, 0.2) is 0 Å². The summed E-state index contributed by atoms with van der Waals surface area (Å²) in [4.78, 5) is 23.6. The van der Waals surface area contributed by atoms with Crippen LogP contribution in [0.15, 0.2) is 59.1 Å². The zero-order valence-electron chi connectivity index (χ0n) is 11.3. The SMILES string of the molecule is NC(=O)[C@@H](NC(=O)Cc1ccc(Br)cc1)c1ccccc1. The van der Waals surface area contributed by atoms with Gasteiger partial charge in [0.05, 0.1) is 6.42 Å². The zero-order valence-corrected chi connectivity index (χ0v) is 12.8. The van der Waals surface area contributed by atoms with E-state index in [2.05, 4.69) is 21.2 Å². The molecule has 0 unspecified atom stereocenters. The van der Waals surface area contributed by atoms with Crippen molar-refractivity contribution in [3.05, 3.63) is 70.2 Å². The molecule has 0 radical (unpaired) electrons. The van der Waals surface area contributed by atoms with Crippen LogP contribution in [0.2, 0.25) is 0 Å². The summed E-state index contributed by atoms with van der Waals surface area (Å²) < 4.78 is 0.950. The quantitative estimate of drug-likeness (QED) is 0.871. The van der Waals surface area contributed by atoms with Crippen LogP contribution in [0, 0.1) is 0 Å². The second kappa shape index (κ2) is 7.04. The lowest BCUT2D eigenvalue weighted by atomic mass is 10.1. The number of primary amides is 1. The van der Waals surface area contributed by atoms with E-state index < -0.39 is 11.9 Å². The molecule has 21 heavy (non-hydrogen) atoms. The topological polar surface area (TPSA) is 72.2 Å². The summed E-state index contributed by atoms with van der Waals surface area (Å²) in [6.45, 7) is 0. The van der Waals surface area contributed by atoms with Gasteiger partial charge in [-0.05, 0) is 23.3 Å². The average molecular weight is 347 g/mol. The fourth-order valence-electron chi connectivity index (χ4n) is 1.96. The van der Waals surface area contributed by atoms with Crippen LogP contribution >= 0.6 is 15.9 Å². The van der Waals surface area contributed by atoms with Gasteiger partial charge in [0.2, 0.25) is 11.8 Å². The first-order valence-corrected chi connectivity index (χ1v) is 7.23. The molecule has 5 heteroatoms. The molecule has 0 aliphatic carbocycles. The fraction of sp³-hybridized carbons (Fsp3) is 0.125. The van der Waals surface area contributed by atoms with Crippen molar-refractivity contribution in [2.75, 3.05) is 0 Å². The molecule has 4 nitrogen and oxygen atoms in total. The highest BCUT2D eigenvalue weighted by Crippen LogP contribution is 2.14. The summed E-state index contributed by atoms with van der Waals surface area (Å²) in [7, 11) is 0. The minimum absolute atomic E-state index is 0.198. The summed E-state index contributed by atoms with van der Waals surface area (Å²) in [5.41, 5.74) is 6.91. The molecule has 2 rings (SSSR count). The minimum Gasteiger partial charge on any atom is -0.368 e. The molecule has 1 atom stereocenters. The van der Waals surface area contributed by atoms with E-state index in [9.17, 15) is 9.59 Å². The Bertz CT molecular complexity index is 626. The van der Waals surface area contributed by atoms with Crippen molar-refractivity contribution in [3.63, 3.8) is 0 Å².